The van der Waals surface area contributed by atoms with Crippen LogP contribution in [0.4, 0.5) is 0 Å². The highest BCUT2D eigenvalue weighted by molar-refractivity contribution is 5.36. The number of methoxy groups -OCH3 is 1. The Morgan fingerprint density at radius 2 is 1.71 bits per heavy atom. The van der Waals surface area contributed by atoms with Crippen LogP contribution in [0.15, 0.2) is 48.5 Å². The highest BCUT2D eigenvalue weighted by atomic mass is 16.5. The van der Waals surface area contributed by atoms with Crippen LogP contribution < -0.4 is 10.5 Å². The van der Waals surface area contributed by atoms with Crippen LogP contribution in [0.2, 0.25) is 0 Å². The highest BCUT2D eigenvalue weighted by Crippen LogP contribution is 2.22. The van der Waals surface area contributed by atoms with E-state index in [1.54, 1.807) is 7.11 Å². The van der Waals surface area contributed by atoms with Gasteiger partial charge < -0.3 is 10.5 Å². The van der Waals surface area contributed by atoms with Crippen LogP contribution in [0, 0.1) is 6.92 Å². The number of hydrogen-bond acceptors (Lipinski definition) is 2. The molecule has 2 aromatic rings. The molecule has 1 atom stereocenters. The van der Waals surface area contributed by atoms with Gasteiger partial charge in [-0.05, 0) is 30.2 Å². The molecular formula is C15H17NO. The molecule has 0 spiro atoms. The number of nitrogens with two attached hydrogens (primary N) is 1. The van der Waals surface area contributed by atoms with Crippen molar-refractivity contribution < 1.29 is 4.74 Å². The number of rotatable bonds is 3. The molecule has 0 bridgehead atoms. The average Bonchev–Trinajstić information content (AvgIpc) is 2.38. The fourth-order valence-electron chi connectivity index (χ4n) is 1.87. The lowest BCUT2D eigenvalue weighted by molar-refractivity contribution is 0.414. The molecule has 17 heavy (non-hydrogen) atoms. The van der Waals surface area contributed by atoms with Gasteiger partial charge in [-0.1, -0.05) is 42.0 Å². The van der Waals surface area contributed by atoms with E-state index in [0.717, 1.165) is 16.9 Å². The van der Waals surface area contributed by atoms with Gasteiger partial charge in [0.2, 0.25) is 0 Å². The van der Waals surface area contributed by atoms with Crippen molar-refractivity contribution in [3.05, 3.63) is 65.2 Å². The molecule has 0 aliphatic heterocycles. The Hall–Kier alpha value is -1.80. The average molecular weight is 227 g/mol. The first-order valence-electron chi connectivity index (χ1n) is 5.67. The standard InChI is InChI=1S/C15H17NO/c1-11-4-3-5-13(10-11)15(16)12-6-8-14(17-2)9-7-12/h3-10,15H,16H2,1-2H3. The summed E-state index contributed by atoms with van der Waals surface area (Å²) in [5, 5.41) is 0. The van der Waals surface area contributed by atoms with Gasteiger partial charge >= 0.3 is 0 Å². The SMILES string of the molecule is COc1ccc(C(N)c2cccc(C)c2)cc1. The molecule has 2 N–H and O–H groups in total. The molecule has 0 amide bonds. The normalized spacial score (nSPS) is 12.2. The molecule has 2 heteroatoms. The minimum absolute atomic E-state index is 0.0826. The second kappa shape index (κ2) is 5.02. The number of ether oxygens (including phenoxy) is 1. The van der Waals surface area contributed by atoms with Crippen molar-refractivity contribution in [2.24, 2.45) is 5.73 Å². The summed E-state index contributed by atoms with van der Waals surface area (Å²) in [7, 11) is 1.66. The number of hydrogen-bond donors (Lipinski definition) is 1. The van der Waals surface area contributed by atoms with E-state index in [9.17, 15) is 0 Å². The van der Waals surface area contributed by atoms with Gasteiger partial charge in [0.15, 0.2) is 0 Å². The summed E-state index contributed by atoms with van der Waals surface area (Å²) >= 11 is 0. The molecule has 88 valence electrons. The van der Waals surface area contributed by atoms with Gasteiger partial charge in [0.25, 0.3) is 0 Å². The van der Waals surface area contributed by atoms with Crippen molar-refractivity contribution in [2.75, 3.05) is 7.11 Å². The number of aryl methyl sites for hydroxylation is 1. The maximum absolute atomic E-state index is 6.24. The van der Waals surface area contributed by atoms with Crippen LogP contribution in [0.3, 0.4) is 0 Å². The van der Waals surface area contributed by atoms with E-state index in [2.05, 4.69) is 25.1 Å². The molecule has 0 aliphatic carbocycles. The largest absolute Gasteiger partial charge is 0.497 e. The summed E-state index contributed by atoms with van der Waals surface area (Å²) in [5.41, 5.74) is 9.69. The lowest BCUT2D eigenvalue weighted by Crippen LogP contribution is -2.11. The summed E-state index contributed by atoms with van der Waals surface area (Å²) < 4.78 is 5.13. The van der Waals surface area contributed by atoms with E-state index in [1.165, 1.54) is 5.56 Å². The van der Waals surface area contributed by atoms with E-state index < -0.39 is 0 Å². The van der Waals surface area contributed by atoms with Crippen LogP contribution in [0.5, 0.6) is 5.75 Å². The summed E-state index contributed by atoms with van der Waals surface area (Å²) in [6, 6.07) is 16.1. The van der Waals surface area contributed by atoms with Crippen LogP contribution in [-0.2, 0) is 0 Å². The Labute approximate surface area is 102 Å². The molecule has 0 saturated carbocycles. The van der Waals surface area contributed by atoms with E-state index in [-0.39, 0.29) is 6.04 Å². The summed E-state index contributed by atoms with van der Waals surface area (Å²) in [5.74, 6) is 0.852. The van der Waals surface area contributed by atoms with Crippen LogP contribution >= 0.6 is 0 Å². The zero-order valence-electron chi connectivity index (χ0n) is 10.2. The Bertz CT molecular complexity index is 491. The molecule has 0 heterocycles. The lowest BCUT2D eigenvalue weighted by atomic mass is 9.98. The van der Waals surface area contributed by atoms with Crippen molar-refractivity contribution >= 4 is 0 Å². The molecule has 2 rings (SSSR count). The summed E-state index contributed by atoms with van der Waals surface area (Å²) in [6.07, 6.45) is 0. The Morgan fingerprint density at radius 1 is 1.00 bits per heavy atom. The third-order valence-electron chi connectivity index (χ3n) is 2.88. The molecule has 0 radical (unpaired) electrons. The third kappa shape index (κ3) is 2.66. The fourth-order valence-corrected chi connectivity index (χ4v) is 1.87. The van der Waals surface area contributed by atoms with Crippen LogP contribution in [-0.4, -0.2) is 7.11 Å². The minimum atomic E-state index is -0.0826. The second-order valence-electron chi connectivity index (χ2n) is 4.16. The first kappa shape index (κ1) is 11.7. The molecule has 2 nitrogen and oxygen atoms in total. The zero-order chi connectivity index (χ0) is 12.3. The van der Waals surface area contributed by atoms with Crippen LogP contribution in [0.25, 0.3) is 0 Å². The quantitative estimate of drug-likeness (QED) is 0.874. The van der Waals surface area contributed by atoms with Crippen molar-refractivity contribution in [1.82, 2.24) is 0 Å². The smallest absolute Gasteiger partial charge is 0.118 e. The molecule has 2 aromatic carbocycles. The Balaban J connectivity index is 2.27. The highest BCUT2D eigenvalue weighted by Gasteiger charge is 2.08. The third-order valence-corrected chi connectivity index (χ3v) is 2.88. The molecule has 0 saturated heterocycles. The van der Waals surface area contributed by atoms with E-state index in [0.29, 0.717) is 0 Å². The van der Waals surface area contributed by atoms with Gasteiger partial charge in [-0.15, -0.1) is 0 Å². The van der Waals surface area contributed by atoms with Gasteiger partial charge in [0.1, 0.15) is 5.75 Å². The van der Waals surface area contributed by atoms with Gasteiger partial charge in [0, 0.05) is 0 Å². The minimum Gasteiger partial charge on any atom is -0.497 e. The van der Waals surface area contributed by atoms with E-state index in [1.807, 2.05) is 30.3 Å². The maximum atomic E-state index is 6.24. The van der Waals surface area contributed by atoms with E-state index >= 15 is 0 Å². The fraction of sp³-hybridized carbons (Fsp3) is 0.200. The second-order valence-corrected chi connectivity index (χ2v) is 4.16. The molecular weight excluding hydrogens is 210 g/mol. The van der Waals surface area contributed by atoms with Crippen molar-refractivity contribution in [1.29, 1.82) is 0 Å². The van der Waals surface area contributed by atoms with Crippen molar-refractivity contribution in [3.63, 3.8) is 0 Å². The Kier molecular flexibility index (Phi) is 3.45. The van der Waals surface area contributed by atoms with Crippen molar-refractivity contribution in [2.45, 2.75) is 13.0 Å². The Morgan fingerprint density at radius 3 is 2.29 bits per heavy atom. The lowest BCUT2D eigenvalue weighted by Gasteiger charge is -2.13. The maximum Gasteiger partial charge on any atom is 0.118 e. The topological polar surface area (TPSA) is 35.2 Å². The number of benzene rings is 2. The predicted octanol–water partition coefficient (Wildman–Crippen LogP) is 3.05. The summed E-state index contributed by atoms with van der Waals surface area (Å²) in [6.45, 7) is 2.07. The predicted molar refractivity (Wildman–Crippen MR) is 70.2 cm³/mol. The van der Waals surface area contributed by atoms with Gasteiger partial charge in [0.05, 0.1) is 13.2 Å². The monoisotopic (exact) mass is 227 g/mol. The zero-order valence-corrected chi connectivity index (χ0v) is 10.2. The van der Waals surface area contributed by atoms with Gasteiger partial charge in [-0.2, -0.15) is 0 Å². The van der Waals surface area contributed by atoms with E-state index in [4.69, 9.17) is 10.5 Å². The van der Waals surface area contributed by atoms with Crippen LogP contribution in [0.1, 0.15) is 22.7 Å². The molecule has 0 aromatic heterocycles. The molecule has 0 fully saturated rings. The van der Waals surface area contributed by atoms with Gasteiger partial charge in [-0.3, -0.25) is 0 Å². The first-order chi connectivity index (χ1) is 8.20. The molecule has 1 unspecified atom stereocenters. The summed E-state index contributed by atoms with van der Waals surface area (Å²) in [4.78, 5) is 0. The van der Waals surface area contributed by atoms with Gasteiger partial charge in [-0.25, -0.2) is 0 Å². The first-order valence-corrected chi connectivity index (χ1v) is 5.67. The van der Waals surface area contributed by atoms with Crippen molar-refractivity contribution in [3.8, 4) is 5.75 Å². The molecule has 0 aliphatic rings.